The molecule has 0 radical (unpaired) electrons. The van der Waals surface area contributed by atoms with Gasteiger partial charge in [0.2, 0.25) is 11.8 Å². The second kappa shape index (κ2) is 13.8. The number of amides is 2. The molecule has 2 amide bonds. The molecule has 0 spiro atoms. The molecule has 0 aliphatic heterocycles. The quantitative estimate of drug-likeness (QED) is 0.315. The molecule has 3 rings (SSSR count). The number of hydrogen-bond acceptors (Lipinski definition) is 5. The molecule has 9 heteroatoms. The van der Waals surface area contributed by atoms with Crippen LogP contribution in [0.2, 0.25) is 0 Å². The maximum Gasteiger partial charge on any atom is 0.264 e. The first kappa shape index (κ1) is 29.7. The van der Waals surface area contributed by atoms with Gasteiger partial charge in [-0.1, -0.05) is 61.4 Å². The smallest absolute Gasteiger partial charge is 0.264 e. The van der Waals surface area contributed by atoms with Crippen molar-refractivity contribution in [2.45, 2.75) is 51.1 Å². The van der Waals surface area contributed by atoms with Gasteiger partial charge in [-0.25, -0.2) is 8.42 Å². The molecule has 39 heavy (non-hydrogen) atoms. The monoisotopic (exact) mass is 551 g/mol. The first-order valence-electron chi connectivity index (χ1n) is 13.0. The van der Waals surface area contributed by atoms with Crippen molar-refractivity contribution in [3.05, 3.63) is 90.0 Å². The van der Waals surface area contributed by atoms with Gasteiger partial charge < -0.3 is 15.0 Å². The average Bonchev–Trinajstić information content (AvgIpc) is 2.94. The molecule has 0 saturated carbocycles. The summed E-state index contributed by atoms with van der Waals surface area (Å²) in [5.74, 6) is -0.257. The van der Waals surface area contributed by atoms with E-state index in [4.69, 9.17) is 4.74 Å². The van der Waals surface area contributed by atoms with Crippen molar-refractivity contribution in [2.75, 3.05) is 24.5 Å². The van der Waals surface area contributed by atoms with E-state index in [9.17, 15) is 18.0 Å². The number of unbranched alkanes of at least 4 members (excludes halogenated alkanes) is 1. The van der Waals surface area contributed by atoms with Crippen LogP contribution in [0.3, 0.4) is 0 Å². The van der Waals surface area contributed by atoms with Gasteiger partial charge in [0.1, 0.15) is 18.3 Å². The Labute approximate surface area is 231 Å². The lowest BCUT2D eigenvalue weighted by atomic mass is 10.1. The Bertz CT molecular complexity index is 1340. The normalized spacial score (nSPS) is 11.9. The molecule has 0 fully saturated rings. The minimum Gasteiger partial charge on any atom is -0.497 e. The Morgan fingerprint density at radius 2 is 1.67 bits per heavy atom. The summed E-state index contributed by atoms with van der Waals surface area (Å²) in [4.78, 5) is 28.4. The second-order valence-electron chi connectivity index (χ2n) is 9.35. The molecule has 0 saturated heterocycles. The highest BCUT2D eigenvalue weighted by atomic mass is 32.2. The SMILES string of the molecule is CCCCNC(=O)[C@@H](C)N(Cc1cccc(C)c1)C(=O)CN(c1ccccc1)S(=O)(=O)c1ccc(OC)cc1. The van der Waals surface area contributed by atoms with Crippen LogP contribution in [0.5, 0.6) is 5.75 Å². The lowest BCUT2D eigenvalue weighted by Crippen LogP contribution is -2.51. The zero-order valence-corrected chi connectivity index (χ0v) is 23.8. The van der Waals surface area contributed by atoms with Crippen LogP contribution >= 0.6 is 0 Å². The fraction of sp³-hybridized carbons (Fsp3) is 0.333. The molecule has 1 N–H and O–H groups in total. The molecular weight excluding hydrogens is 514 g/mol. The molecular formula is C30H37N3O5S. The van der Waals surface area contributed by atoms with Gasteiger partial charge in [0.25, 0.3) is 10.0 Å². The van der Waals surface area contributed by atoms with Crippen molar-refractivity contribution in [1.29, 1.82) is 0 Å². The van der Waals surface area contributed by atoms with Crippen LogP contribution in [0.25, 0.3) is 0 Å². The van der Waals surface area contributed by atoms with Crippen molar-refractivity contribution in [3.8, 4) is 5.75 Å². The Kier molecular flexibility index (Phi) is 10.5. The summed E-state index contributed by atoms with van der Waals surface area (Å²) in [5, 5.41) is 2.89. The third-order valence-corrected chi connectivity index (χ3v) is 8.19. The van der Waals surface area contributed by atoms with Crippen molar-refractivity contribution in [3.63, 3.8) is 0 Å². The summed E-state index contributed by atoms with van der Waals surface area (Å²) >= 11 is 0. The van der Waals surface area contributed by atoms with Crippen LogP contribution in [-0.2, 0) is 26.2 Å². The highest BCUT2D eigenvalue weighted by Crippen LogP contribution is 2.26. The summed E-state index contributed by atoms with van der Waals surface area (Å²) in [6, 6.07) is 21.4. The number of rotatable bonds is 13. The zero-order chi connectivity index (χ0) is 28.4. The first-order valence-corrected chi connectivity index (χ1v) is 14.5. The Morgan fingerprint density at radius 1 is 0.974 bits per heavy atom. The third-order valence-electron chi connectivity index (χ3n) is 6.40. The molecule has 0 aliphatic carbocycles. The van der Waals surface area contributed by atoms with Gasteiger partial charge in [-0.05, 0) is 62.2 Å². The molecule has 0 aromatic heterocycles. The van der Waals surface area contributed by atoms with E-state index in [-0.39, 0.29) is 17.3 Å². The van der Waals surface area contributed by atoms with Gasteiger partial charge in [0.05, 0.1) is 17.7 Å². The van der Waals surface area contributed by atoms with Crippen molar-refractivity contribution < 1.29 is 22.7 Å². The van der Waals surface area contributed by atoms with Gasteiger partial charge in [0.15, 0.2) is 0 Å². The Balaban J connectivity index is 1.97. The highest BCUT2D eigenvalue weighted by molar-refractivity contribution is 7.92. The van der Waals surface area contributed by atoms with Gasteiger partial charge in [-0.3, -0.25) is 13.9 Å². The molecule has 8 nitrogen and oxygen atoms in total. The second-order valence-corrected chi connectivity index (χ2v) is 11.2. The summed E-state index contributed by atoms with van der Waals surface area (Å²) in [6.45, 7) is 5.85. The zero-order valence-electron chi connectivity index (χ0n) is 23.0. The number of sulfonamides is 1. The van der Waals surface area contributed by atoms with Crippen LogP contribution in [-0.4, -0.2) is 51.4 Å². The largest absolute Gasteiger partial charge is 0.497 e. The predicted octanol–water partition coefficient (Wildman–Crippen LogP) is 4.53. The van der Waals surface area contributed by atoms with E-state index in [0.29, 0.717) is 18.0 Å². The Morgan fingerprint density at radius 3 is 2.28 bits per heavy atom. The summed E-state index contributed by atoms with van der Waals surface area (Å²) in [6.07, 6.45) is 1.75. The van der Waals surface area contributed by atoms with E-state index in [1.807, 2.05) is 38.1 Å². The lowest BCUT2D eigenvalue weighted by Gasteiger charge is -2.32. The number of nitrogens with zero attached hydrogens (tertiary/aromatic N) is 2. The highest BCUT2D eigenvalue weighted by Gasteiger charge is 2.32. The minimum absolute atomic E-state index is 0.0237. The van der Waals surface area contributed by atoms with E-state index in [1.165, 1.54) is 24.1 Å². The number of nitrogens with one attached hydrogen (secondary N) is 1. The van der Waals surface area contributed by atoms with E-state index >= 15 is 0 Å². The number of para-hydroxylation sites is 1. The van der Waals surface area contributed by atoms with Crippen molar-refractivity contribution >= 4 is 27.5 Å². The van der Waals surface area contributed by atoms with Gasteiger partial charge >= 0.3 is 0 Å². The fourth-order valence-corrected chi connectivity index (χ4v) is 5.54. The van der Waals surface area contributed by atoms with E-state index in [0.717, 1.165) is 28.3 Å². The summed E-state index contributed by atoms with van der Waals surface area (Å²) in [5.41, 5.74) is 2.21. The third kappa shape index (κ3) is 7.83. The van der Waals surface area contributed by atoms with Gasteiger partial charge in [-0.2, -0.15) is 0 Å². The molecule has 3 aromatic rings. The van der Waals surface area contributed by atoms with Crippen LogP contribution in [0.1, 0.15) is 37.8 Å². The fourth-order valence-electron chi connectivity index (χ4n) is 4.12. The number of methoxy groups -OCH3 is 1. The lowest BCUT2D eigenvalue weighted by molar-refractivity contribution is -0.139. The van der Waals surface area contributed by atoms with Crippen LogP contribution in [0.4, 0.5) is 5.69 Å². The molecule has 1 atom stereocenters. The number of aryl methyl sites for hydroxylation is 1. The molecule has 0 unspecified atom stereocenters. The predicted molar refractivity (Wildman–Crippen MR) is 153 cm³/mol. The molecule has 0 heterocycles. The van der Waals surface area contributed by atoms with Crippen LogP contribution < -0.4 is 14.4 Å². The minimum atomic E-state index is -4.12. The molecule has 3 aromatic carbocycles. The number of benzene rings is 3. The topological polar surface area (TPSA) is 96.0 Å². The number of hydrogen-bond donors (Lipinski definition) is 1. The molecule has 0 bridgehead atoms. The van der Waals surface area contributed by atoms with Crippen LogP contribution in [0, 0.1) is 6.92 Å². The van der Waals surface area contributed by atoms with Gasteiger partial charge in [-0.15, -0.1) is 0 Å². The Hall–Kier alpha value is -3.85. The number of anilines is 1. The first-order chi connectivity index (χ1) is 18.7. The van der Waals surface area contributed by atoms with Crippen LogP contribution in [0.15, 0.2) is 83.8 Å². The number of ether oxygens (including phenoxy) is 1. The standard InChI is InChI=1S/C30H37N3O5S/c1-5-6-19-31-30(35)24(3)32(21-25-12-10-11-23(2)20-25)29(34)22-33(26-13-8-7-9-14-26)39(36,37)28-17-15-27(38-4)16-18-28/h7-18,20,24H,5-6,19,21-22H2,1-4H3,(H,31,35)/t24-/m1/s1. The van der Waals surface area contributed by atoms with Gasteiger partial charge in [0, 0.05) is 13.1 Å². The maximum absolute atomic E-state index is 13.9. The van der Waals surface area contributed by atoms with Crippen molar-refractivity contribution in [1.82, 2.24) is 10.2 Å². The molecule has 208 valence electrons. The summed E-state index contributed by atoms with van der Waals surface area (Å²) < 4.78 is 33.9. The summed E-state index contributed by atoms with van der Waals surface area (Å²) in [7, 11) is -2.62. The number of carbonyl (C=O) groups excluding carboxylic acids is 2. The van der Waals surface area contributed by atoms with E-state index in [2.05, 4.69) is 5.32 Å². The number of carbonyl (C=O) groups is 2. The average molecular weight is 552 g/mol. The maximum atomic E-state index is 13.9. The van der Waals surface area contributed by atoms with E-state index < -0.39 is 28.5 Å². The van der Waals surface area contributed by atoms with Crippen molar-refractivity contribution in [2.24, 2.45) is 0 Å². The van der Waals surface area contributed by atoms with E-state index in [1.54, 1.807) is 49.4 Å². The molecule has 0 aliphatic rings.